The van der Waals surface area contributed by atoms with Gasteiger partial charge in [0.25, 0.3) is 5.91 Å². The quantitative estimate of drug-likeness (QED) is 0.821. The summed E-state index contributed by atoms with van der Waals surface area (Å²) in [5.74, 6) is 0.179. The highest BCUT2D eigenvalue weighted by molar-refractivity contribution is 5.95. The molecule has 0 radical (unpaired) electrons. The summed E-state index contributed by atoms with van der Waals surface area (Å²) in [6.45, 7) is 7.37. The standard InChI is InChI=1S/C22H33N3O2/c1-16-11-17(2)13-19(12-16)22(27)25-10-5-7-18(14-25)21(26)24(4)20-8-6-9-23(3)15-20/h11-13,18,20H,5-10,14-15H2,1-4H3. The summed E-state index contributed by atoms with van der Waals surface area (Å²) in [5.41, 5.74) is 2.94. The number of aryl methyl sites for hydroxylation is 2. The fraction of sp³-hybridized carbons (Fsp3) is 0.636. The predicted molar refractivity (Wildman–Crippen MR) is 108 cm³/mol. The van der Waals surface area contributed by atoms with Crippen LogP contribution in [0.4, 0.5) is 0 Å². The average Bonchev–Trinajstić information content (AvgIpc) is 2.65. The molecule has 1 aromatic rings. The van der Waals surface area contributed by atoms with Gasteiger partial charge in [-0.25, -0.2) is 0 Å². The third-order valence-corrected chi connectivity index (χ3v) is 6.02. The molecule has 3 rings (SSSR count). The van der Waals surface area contributed by atoms with E-state index in [0.29, 0.717) is 12.6 Å². The number of carbonyl (C=O) groups excluding carboxylic acids is 2. The highest BCUT2D eigenvalue weighted by Gasteiger charge is 2.33. The number of hydrogen-bond donors (Lipinski definition) is 0. The summed E-state index contributed by atoms with van der Waals surface area (Å²) in [6.07, 6.45) is 3.99. The number of carbonyl (C=O) groups is 2. The molecule has 2 aliphatic rings. The Morgan fingerprint density at radius 1 is 1.00 bits per heavy atom. The molecule has 5 nitrogen and oxygen atoms in total. The summed E-state index contributed by atoms with van der Waals surface area (Å²) in [7, 11) is 4.06. The fourth-order valence-electron chi connectivity index (χ4n) is 4.57. The average molecular weight is 372 g/mol. The molecule has 2 atom stereocenters. The van der Waals surface area contributed by atoms with Crippen LogP contribution < -0.4 is 0 Å². The molecule has 0 N–H and O–H groups in total. The lowest BCUT2D eigenvalue weighted by Crippen LogP contribution is -2.52. The smallest absolute Gasteiger partial charge is 0.253 e. The van der Waals surface area contributed by atoms with Crippen LogP contribution in [0.5, 0.6) is 0 Å². The largest absolute Gasteiger partial charge is 0.341 e. The molecule has 1 aromatic carbocycles. The maximum atomic E-state index is 13.1. The first-order chi connectivity index (χ1) is 12.8. The van der Waals surface area contributed by atoms with Crippen molar-refractivity contribution in [2.75, 3.05) is 40.3 Å². The number of nitrogens with zero attached hydrogens (tertiary/aromatic N) is 3. The molecule has 27 heavy (non-hydrogen) atoms. The van der Waals surface area contributed by atoms with Crippen LogP contribution >= 0.6 is 0 Å². The molecule has 2 saturated heterocycles. The molecule has 0 bridgehead atoms. The number of rotatable bonds is 3. The first-order valence-corrected chi connectivity index (χ1v) is 10.2. The SMILES string of the molecule is Cc1cc(C)cc(C(=O)N2CCCC(C(=O)N(C)C3CCCN(C)C3)C2)c1. The number of likely N-dealkylation sites (N-methyl/N-ethyl adjacent to an activating group) is 2. The van der Waals surface area contributed by atoms with E-state index in [1.165, 1.54) is 0 Å². The summed E-state index contributed by atoms with van der Waals surface area (Å²) in [6, 6.07) is 6.27. The van der Waals surface area contributed by atoms with Crippen LogP contribution in [0.15, 0.2) is 18.2 Å². The summed E-state index contributed by atoms with van der Waals surface area (Å²) >= 11 is 0. The zero-order valence-electron chi connectivity index (χ0n) is 17.2. The summed E-state index contributed by atoms with van der Waals surface area (Å²) < 4.78 is 0. The Morgan fingerprint density at radius 3 is 2.33 bits per heavy atom. The van der Waals surface area contributed by atoms with Crippen LogP contribution in [0, 0.1) is 19.8 Å². The summed E-state index contributed by atoms with van der Waals surface area (Å²) in [4.78, 5) is 32.2. The van der Waals surface area contributed by atoms with Crippen LogP contribution in [0.2, 0.25) is 0 Å². The van der Waals surface area contributed by atoms with Crippen molar-refractivity contribution < 1.29 is 9.59 Å². The van der Waals surface area contributed by atoms with Gasteiger partial charge in [0.2, 0.25) is 5.91 Å². The van der Waals surface area contributed by atoms with Gasteiger partial charge in [0.05, 0.1) is 5.92 Å². The van der Waals surface area contributed by atoms with E-state index in [1.54, 1.807) is 0 Å². The van der Waals surface area contributed by atoms with E-state index < -0.39 is 0 Å². The number of piperidine rings is 2. The van der Waals surface area contributed by atoms with Crippen molar-refractivity contribution in [2.24, 2.45) is 5.92 Å². The Morgan fingerprint density at radius 2 is 1.67 bits per heavy atom. The van der Waals surface area contributed by atoms with Crippen molar-refractivity contribution in [2.45, 2.75) is 45.6 Å². The van der Waals surface area contributed by atoms with Crippen LogP contribution in [0.25, 0.3) is 0 Å². The fourth-order valence-corrected chi connectivity index (χ4v) is 4.57. The van der Waals surface area contributed by atoms with E-state index in [0.717, 1.165) is 62.0 Å². The molecule has 2 aliphatic heterocycles. The Kier molecular flexibility index (Phi) is 6.20. The number of hydrogen-bond acceptors (Lipinski definition) is 3. The van der Waals surface area contributed by atoms with E-state index in [1.807, 2.05) is 42.8 Å². The van der Waals surface area contributed by atoms with Gasteiger partial charge >= 0.3 is 0 Å². The normalized spacial score (nSPS) is 23.9. The van der Waals surface area contributed by atoms with Crippen LogP contribution in [-0.2, 0) is 4.79 Å². The first kappa shape index (κ1) is 19.9. The Hall–Kier alpha value is -1.88. The van der Waals surface area contributed by atoms with Gasteiger partial charge in [0, 0.05) is 38.3 Å². The first-order valence-electron chi connectivity index (χ1n) is 10.2. The Labute approximate surface area is 163 Å². The molecule has 0 aromatic heterocycles. The zero-order valence-corrected chi connectivity index (χ0v) is 17.2. The van der Waals surface area contributed by atoms with E-state index in [2.05, 4.69) is 18.0 Å². The molecule has 0 aliphatic carbocycles. The molecule has 148 valence electrons. The molecular weight excluding hydrogens is 338 g/mol. The van der Waals surface area contributed by atoms with E-state index in [4.69, 9.17) is 0 Å². The van der Waals surface area contributed by atoms with Gasteiger partial charge in [-0.2, -0.15) is 0 Å². The molecule has 0 spiro atoms. The molecule has 0 saturated carbocycles. The highest BCUT2D eigenvalue weighted by Crippen LogP contribution is 2.23. The lowest BCUT2D eigenvalue weighted by Gasteiger charge is -2.39. The van der Waals surface area contributed by atoms with Crippen molar-refractivity contribution in [1.29, 1.82) is 0 Å². The van der Waals surface area contributed by atoms with Gasteiger partial charge in [0.15, 0.2) is 0 Å². The molecule has 2 heterocycles. The number of likely N-dealkylation sites (tertiary alicyclic amines) is 2. The number of benzene rings is 1. The van der Waals surface area contributed by atoms with E-state index in [-0.39, 0.29) is 17.7 Å². The minimum Gasteiger partial charge on any atom is -0.341 e. The second-order valence-electron chi connectivity index (χ2n) is 8.47. The van der Waals surface area contributed by atoms with Crippen molar-refractivity contribution in [3.63, 3.8) is 0 Å². The minimum atomic E-state index is -0.0779. The predicted octanol–water partition coefficient (Wildman–Crippen LogP) is 2.71. The third kappa shape index (κ3) is 4.70. The topological polar surface area (TPSA) is 43.9 Å². The van der Waals surface area contributed by atoms with Crippen LogP contribution in [0.1, 0.15) is 47.2 Å². The van der Waals surface area contributed by atoms with Gasteiger partial charge in [0.1, 0.15) is 0 Å². The summed E-state index contributed by atoms with van der Waals surface area (Å²) in [5, 5.41) is 0. The Bertz CT molecular complexity index is 683. The molecule has 2 amide bonds. The maximum Gasteiger partial charge on any atom is 0.253 e. The maximum absolute atomic E-state index is 13.1. The van der Waals surface area contributed by atoms with Crippen LogP contribution in [-0.4, -0.2) is 72.8 Å². The molecule has 2 unspecified atom stereocenters. The molecule has 2 fully saturated rings. The Balaban J connectivity index is 1.66. The van der Waals surface area contributed by atoms with Gasteiger partial charge in [-0.1, -0.05) is 17.2 Å². The van der Waals surface area contributed by atoms with E-state index in [9.17, 15) is 9.59 Å². The van der Waals surface area contributed by atoms with Gasteiger partial charge in [-0.15, -0.1) is 0 Å². The minimum absolute atomic E-state index is 0.0550. The van der Waals surface area contributed by atoms with Crippen molar-refractivity contribution in [1.82, 2.24) is 14.7 Å². The monoisotopic (exact) mass is 371 g/mol. The number of amides is 2. The van der Waals surface area contributed by atoms with Gasteiger partial charge < -0.3 is 14.7 Å². The second-order valence-corrected chi connectivity index (χ2v) is 8.47. The van der Waals surface area contributed by atoms with Gasteiger partial charge in [-0.3, -0.25) is 9.59 Å². The van der Waals surface area contributed by atoms with E-state index >= 15 is 0 Å². The second kappa shape index (κ2) is 8.42. The van der Waals surface area contributed by atoms with Crippen molar-refractivity contribution >= 4 is 11.8 Å². The van der Waals surface area contributed by atoms with Crippen LogP contribution in [0.3, 0.4) is 0 Å². The van der Waals surface area contributed by atoms with Crippen molar-refractivity contribution in [3.8, 4) is 0 Å². The zero-order chi connectivity index (χ0) is 19.6. The molecule has 5 heteroatoms. The molecular formula is C22H33N3O2. The third-order valence-electron chi connectivity index (χ3n) is 6.02. The van der Waals surface area contributed by atoms with Crippen molar-refractivity contribution in [3.05, 3.63) is 34.9 Å². The van der Waals surface area contributed by atoms with Gasteiger partial charge in [-0.05, 0) is 65.3 Å². The lowest BCUT2D eigenvalue weighted by atomic mass is 9.94. The highest BCUT2D eigenvalue weighted by atomic mass is 16.2. The lowest BCUT2D eigenvalue weighted by molar-refractivity contribution is -0.138.